The second-order valence-corrected chi connectivity index (χ2v) is 7.60. The molecule has 1 aromatic carbocycles. The third-order valence-corrected chi connectivity index (χ3v) is 6.22. The standard InChI is InChI=1S/C20H28N2O2/c23-20(18-13-15-6-7-17(18)12-15)21-14-19(16-4-2-1-3-5-16)22-8-10-24-11-9-22/h1-5,15,17-19H,6-14H2,(H,21,23). The van der Waals surface area contributed by atoms with Crippen LogP contribution in [0, 0.1) is 17.8 Å². The number of benzene rings is 1. The maximum absolute atomic E-state index is 12.7. The summed E-state index contributed by atoms with van der Waals surface area (Å²) in [6, 6.07) is 10.8. The second-order valence-electron chi connectivity index (χ2n) is 7.60. The van der Waals surface area contributed by atoms with Gasteiger partial charge in [0.05, 0.1) is 19.3 Å². The molecule has 0 aromatic heterocycles. The number of carbonyl (C=O) groups is 1. The van der Waals surface area contributed by atoms with Crippen LogP contribution in [0.1, 0.15) is 37.3 Å². The van der Waals surface area contributed by atoms with Gasteiger partial charge in [0.25, 0.3) is 0 Å². The number of rotatable bonds is 5. The van der Waals surface area contributed by atoms with E-state index >= 15 is 0 Å². The first kappa shape index (κ1) is 16.1. The van der Waals surface area contributed by atoms with Crippen LogP contribution in [0.25, 0.3) is 0 Å². The Morgan fingerprint density at radius 1 is 1.17 bits per heavy atom. The van der Waals surface area contributed by atoms with E-state index in [1.807, 2.05) is 6.07 Å². The summed E-state index contributed by atoms with van der Waals surface area (Å²) in [4.78, 5) is 15.1. The lowest BCUT2D eigenvalue weighted by Crippen LogP contribution is -2.45. The van der Waals surface area contributed by atoms with Crippen molar-refractivity contribution in [3.63, 3.8) is 0 Å². The first-order valence-electron chi connectivity index (χ1n) is 9.45. The predicted octanol–water partition coefficient (Wildman–Crippen LogP) is 2.61. The molecular weight excluding hydrogens is 300 g/mol. The minimum absolute atomic E-state index is 0.248. The van der Waals surface area contributed by atoms with Gasteiger partial charge in [0, 0.05) is 25.6 Å². The zero-order valence-corrected chi connectivity index (χ0v) is 14.3. The molecular formula is C20H28N2O2. The Labute approximate surface area is 144 Å². The van der Waals surface area contributed by atoms with E-state index < -0.39 is 0 Å². The number of amides is 1. The smallest absolute Gasteiger partial charge is 0.223 e. The fraction of sp³-hybridized carbons (Fsp3) is 0.650. The average Bonchev–Trinajstić information content (AvgIpc) is 3.27. The van der Waals surface area contributed by atoms with Crippen LogP contribution in [-0.2, 0) is 9.53 Å². The molecule has 0 spiro atoms. The quantitative estimate of drug-likeness (QED) is 0.903. The molecule has 2 bridgehead atoms. The second kappa shape index (κ2) is 7.24. The molecule has 1 amide bonds. The fourth-order valence-corrected chi connectivity index (χ4v) is 4.92. The molecule has 3 aliphatic rings. The number of fused-ring (bicyclic) bond motifs is 2. The van der Waals surface area contributed by atoms with Crippen molar-refractivity contribution >= 4 is 5.91 Å². The highest BCUT2D eigenvalue weighted by Gasteiger charge is 2.43. The lowest BCUT2D eigenvalue weighted by atomic mass is 9.88. The van der Waals surface area contributed by atoms with Crippen molar-refractivity contribution in [3.05, 3.63) is 35.9 Å². The van der Waals surface area contributed by atoms with Crippen molar-refractivity contribution in [2.24, 2.45) is 17.8 Å². The molecule has 4 rings (SSSR count). The van der Waals surface area contributed by atoms with E-state index in [9.17, 15) is 4.79 Å². The Hall–Kier alpha value is -1.39. The summed E-state index contributed by atoms with van der Waals surface area (Å²) in [6.07, 6.45) is 5.00. The summed E-state index contributed by atoms with van der Waals surface area (Å²) in [7, 11) is 0. The number of ether oxygens (including phenoxy) is 1. The molecule has 1 aliphatic heterocycles. The fourth-order valence-electron chi connectivity index (χ4n) is 4.92. The van der Waals surface area contributed by atoms with Gasteiger partial charge in [-0.15, -0.1) is 0 Å². The van der Waals surface area contributed by atoms with E-state index in [0.717, 1.165) is 38.6 Å². The van der Waals surface area contributed by atoms with E-state index in [1.54, 1.807) is 0 Å². The van der Waals surface area contributed by atoms with Gasteiger partial charge in [-0.05, 0) is 36.7 Å². The molecule has 1 heterocycles. The zero-order chi connectivity index (χ0) is 16.4. The summed E-state index contributed by atoms with van der Waals surface area (Å²) in [5, 5.41) is 3.28. The molecule has 1 saturated heterocycles. The maximum atomic E-state index is 12.7. The van der Waals surface area contributed by atoms with Gasteiger partial charge < -0.3 is 10.1 Å². The monoisotopic (exact) mass is 328 g/mol. The topological polar surface area (TPSA) is 41.6 Å². The molecule has 3 fully saturated rings. The molecule has 130 valence electrons. The SMILES string of the molecule is O=C(NCC(c1ccccc1)N1CCOCC1)C1CC2CCC1C2. The number of hydrogen-bond acceptors (Lipinski definition) is 3. The van der Waals surface area contributed by atoms with Crippen molar-refractivity contribution in [1.82, 2.24) is 10.2 Å². The summed E-state index contributed by atoms with van der Waals surface area (Å²) in [5.41, 5.74) is 1.28. The highest BCUT2D eigenvalue weighted by Crippen LogP contribution is 2.48. The molecule has 4 atom stereocenters. The molecule has 0 radical (unpaired) electrons. The van der Waals surface area contributed by atoms with Crippen LogP contribution in [-0.4, -0.2) is 43.7 Å². The van der Waals surface area contributed by atoms with Gasteiger partial charge in [-0.3, -0.25) is 9.69 Å². The van der Waals surface area contributed by atoms with Gasteiger partial charge in [0.15, 0.2) is 0 Å². The molecule has 2 saturated carbocycles. The van der Waals surface area contributed by atoms with Crippen molar-refractivity contribution in [2.45, 2.75) is 31.7 Å². The van der Waals surface area contributed by atoms with Crippen LogP contribution >= 0.6 is 0 Å². The summed E-state index contributed by atoms with van der Waals surface area (Å²) in [5.74, 6) is 2.02. The van der Waals surface area contributed by atoms with Crippen LogP contribution in [0.5, 0.6) is 0 Å². The van der Waals surface area contributed by atoms with E-state index in [4.69, 9.17) is 4.74 Å². The maximum Gasteiger partial charge on any atom is 0.223 e. The Bertz CT molecular complexity index is 556. The number of morpholine rings is 1. The molecule has 4 heteroatoms. The van der Waals surface area contributed by atoms with Gasteiger partial charge in [-0.1, -0.05) is 36.8 Å². The largest absolute Gasteiger partial charge is 0.379 e. The minimum Gasteiger partial charge on any atom is -0.379 e. The molecule has 1 aromatic rings. The number of nitrogens with one attached hydrogen (secondary N) is 1. The van der Waals surface area contributed by atoms with Crippen LogP contribution < -0.4 is 5.32 Å². The van der Waals surface area contributed by atoms with Crippen molar-refractivity contribution in [2.75, 3.05) is 32.8 Å². The Morgan fingerprint density at radius 2 is 1.96 bits per heavy atom. The summed E-state index contributed by atoms with van der Waals surface area (Å²) < 4.78 is 5.50. The lowest BCUT2D eigenvalue weighted by molar-refractivity contribution is -0.126. The van der Waals surface area contributed by atoms with E-state index in [2.05, 4.69) is 34.5 Å². The Balaban J connectivity index is 1.41. The number of carbonyl (C=O) groups excluding carboxylic acids is 1. The van der Waals surface area contributed by atoms with Gasteiger partial charge in [-0.25, -0.2) is 0 Å². The molecule has 2 aliphatic carbocycles. The van der Waals surface area contributed by atoms with Gasteiger partial charge in [0.2, 0.25) is 5.91 Å². The van der Waals surface area contributed by atoms with Crippen molar-refractivity contribution in [1.29, 1.82) is 0 Å². The van der Waals surface area contributed by atoms with Gasteiger partial charge in [0.1, 0.15) is 0 Å². The van der Waals surface area contributed by atoms with Crippen molar-refractivity contribution in [3.8, 4) is 0 Å². The molecule has 1 N–H and O–H groups in total. The average molecular weight is 328 g/mol. The molecule has 24 heavy (non-hydrogen) atoms. The van der Waals surface area contributed by atoms with Crippen molar-refractivity contribution < 1.29 is 9.53 Å². The normalized spacial score (nSPS) is 31.1. The van der Waals surface area contributed by atoms with Crippen LogP contribution in [0.15, 0.2) is 30.3 Å². The Kier molecular flexibility index (Phi) is 4.86. The third kappa shape index (κ3) is 3.35. The first-order valence-corrected chi connectivity index (χ1v) is 9.45. The summed E-state index contributed by atoms with van der Waals surface area (Å²) in [6.45, 7) is 4.14. The number of nitrogens with zero attached hydrogens (tertiary/aromatic N) is 1. The lowest BCUT2D eigenvalue weighted by Gasteiger charge is -2.35. The van der Waals surface area contributed by atoms with Crippen LogP contribution in [0.3, 0.4) is 0 Å². The molecule has 4 nitrogen and oxygen atoms in total. The van der Waals surface area contributed by atoms with E-state index in [0.29, 0.717) is 12.5 Å². The third-order valence-electron chi connectivity index (χ3n) is 6.22. The summed E-state index contributed by atoms with van der Waals surface area (Å²) >= 11 is 0. The van der Waals surface area contributed by atoms with E-state index in [1.165, 1.54) is 24.8 Å². The zero-order valence-electron chi connectivity index (χ0n) is 14.3. The van der Waals surface area contributed by atoms with E-state index in [-0.39, 0.29) is 17.9 Å². The first-order chi connectivity index (χ1) is 11.8. The van der Waals surface area contributed by atoms with Gasteiger partial charge in [-0.2, -0.15) is 0 Å². The highest BCUT2D eigenvalue weighted by molar-refractivity contribution is 5.79. The predicted molar refractivity (Wildman–Crippen MR) is 93.5 cm³/mol. The van der Waals surface area contributed by atoms with Crippen LogP contribution in [0.2, 0.25) is 0 Å². The highest BCUT2D eigenvalue weighted by atomic mass is 16.5. The number of hydrogen-bond donors (Lipinski definition) is 1. The van der Waals surface area contributed by atoms with Crippen LogP contribution in [0.4, 0.5) is 0 Å². The molecule has 4 unspecified atom stereocenters. The Morgan fingerprint density at radius 3 is 2.62 bits per heavy atom. The minimum atomic E-state index is 0.248. The van der Waals surface area contributed by atoms with Gasteiger partial charge >= 0.3 is 0 Å².